The Kier molecular flexibility index (Phi) is 2.78. The van der Waals surface area contributed by atoms with Gasteiger partial charge in [0.2, 0.25) is 0 Å². The molecule has 1 aliphatic rings. The molecule has 0 aromatic heterocycles. The smallest absolute Gasteiger partial charge is 0.139 e. The predicted molar refractivity (Wildman–Crippen MR) is 45.8 cm³/mol. The molecule has 4 nitrogen and oxygen atoms in total. The molecule has 1 heterocycles. The molecule has 4 atom stereocenters. The summed E-state index contributed by atoms with van der Waals surface area (Å²) >= 11 is 0. The quantitative estimate of drug-likeness (QED) is 0.420. The van der Waals surface area contributed by atoms with E-state index in [1.165, 1.54) is 0 Å². The summed E-state index contributed by atoms with van der Waals surface area (Å²) < 4.78 is 5.17. The molecule has 0 spiro atoms. The third-order valence-electron chi connectivity index (χ3n) is 2.32. The highest BCUT2D eigenvalue weighted by atomic mass is 16.5. The number of rotatable bonds is 2. The van der Waals surface area contributed by atoms with Crippen LogP contribution in [-0.2, 0) is 4.74 Å². The molecule has 1 aliphatic heterocycles. The van der Waals surface area contributed by atoms with Gasteiger partial charge in [-0.15, -0.1) is 0 Å². The molecule has 0 aliphatic carbocycles. The minimum absolute atomic E-state index is 0.00745. The van der Waals surface area contributed by atoms with Gasteiger partial charge in [0.05, 0.1) is 19.3 Å². The van der Waals surface area contributed by atoms with Gasteiger partial charge in [0.25, 0.3) is 0 Å². The second-order valence-electron chi connectivity index (χ2n) is 3.73. The molecule has 0 amide bonds. The van der Waals surface area contributed by atoms with E-state index < -0.39 is 18.3 Å². The van der Waals surface area contributed by atoms with Crippen LogP contribution in [0.5, 0.6) is 0 Å². The molecule has 1 rings (SSSR count). The molecule has 1 fully saturated rings. The summed E-state index contributed by atoms with van der Waals surface area (Å²) in [5.74, 6) is 0.139. The zero-order chi connectivity index (χ0) is 9.35. The molecule has 5 heteroatoms. The fourth-order valence-electron chi connectivity index (χ4n) is 1.42. The molecule has 3 N–H and O–H groups in total. The van der Waals surface area contributed by atoms with E-state index in [0.717, 1.165) is 0 Å². The second-order valence-corrected chi connectivity index (χ2v) is 3.73. The predicted octanol–water partition coefficient (Wildman–Crippen LogP) is -2.09. The van der Waals surface area contributed by atoms with E-state index >= 15 is 0 Å². The summed E-state index contributed by atoms with van der Waals surface area (Å²) in [6.45, 7) is 1.45. The summed E-state index contributed by atoms with van der Waals surface area (Å²) in [7, 11) is 1.90. The van der Waals surface area contributed by atoms with E-state index in [2.05, 4.69) is 0 Å². The third kappa shape index (κ3) is 1.50. The van der Waals surface area contributed by atoms with Crippen LogP contribution in [0.1, 0.15) is 6.92 Å². The largest absolute Gasteiger partial charge is 0.393 e. The minimum Gasteiger partial charge on any atom is -0.393 e. The average molecular weight is 174 g/mol. The topological polar surface area (TPSA) is 69.9 Å². The summed E-state index contributed by atoms with van der Waals surface area (Å²) in [5.41, 5.74) is -1.46. The van der Waals surface area contributed by atoms with Gasteiger partial charge in [-0.3, -0.25) is 0 Å². The zero-order valence-electron chi connectivity index (χ0n) is 7.40. The van der Waals surface area contributed by atoms with Crippen molar-refractivity contribution < 1.29 is 20.1 Å². The average Bonchev–Trinajstić information content (AvgIpc) is 2.30. The van der Waals surface area contributed by atoms with Crippen molar-refractivity contribution in [3.63, 3.8) is 0 Å². The van der Waals surface area contributed by atoms with Crippen LogP contribution in [0.15, 0.2) is 0 Å². The van der Waals surface area contributed by atoms with Gasteiger partial charge in [-0.1, -0.05) is 6.92 Å². The van der Waals surface area contributed by atoms with E-state index in [4.69, 9.17) is 9.84 Å². The standard InChI is InChI=1S/C7H15BO4/c1-4(8)5-6(10)7(11,2-9)3-12-5/h4-6,9-11H,2-3,8H2,1H3/t4-,5-,6?,7+/m1/s1. The van der Waals surface area contributed by atoms with Crippen molar-refractivity contribution in [3.05, 3.63) is 0 Å². The third-order valence-corrected chi connectivity index (χ3v) is 2.32. The molecule has 70 valence electrons. The first kappa shape index (κ1) is 9.99. The van der Waals surface area contributed by atoms with E-state index in [1.54, 1.807) is 0 Å². The molecule has 0 radical (unpaired) electrons. The van der Waals surface area contributed by atoms with Crippen molar-refractivity contribution >= 4 is 7.85 Å². The lowest BCUT2D eigenvalue weighted by molar-refractivity contribution is -0.0815. The molecule has 0 aromatic rings. The van der Waals surface area contributed by atoms with Crippen LogP contribution in [0, 0.1) is 0 Å². The number of hydrogen-bond acceptors (Lipinski definition) is 4. The molecule has 0 bridgehead atoms. The van der Waals surface area contributed by atoms with E-state index in [0.29, 0.717) is 0 Å². The van der Waals surface area contributed by atoms with Crippen LogP contribution in [0.3, 0.4) is 0 Å². The fourth-order valence-corrected chi connectivity index (χ4v) is 1.42. The molecule has 12 heavy (non-hydrogen) atoms. The van der Waals surface area contributed by atoms with Crippen LogP contribution in [0.25, 0.3) is 0 Å². The normalized spacial score (nSPS) is 44.7. The summed E-state index contributed by atoms with van der Waals surface area (Å²) in [4.78, 5) is 0. The van der Waals surface area contributed by atoms with Gasteiger partial charge < -0.3 is 20.1 Å². The Morgan fingerprint density at radius 2 is 2.33 bits per heavy atom. The van der Waals surface area contributed by atoms with Gasteiger partial charge in [0.1, 0.15) is 19.6 Å². The minimum atomic E-state index is -1.46. The SMILES string of the molecule is B[C@H](C)[C@H]1OC[C@@](O)(CO)C1O. The van der Waals surface area contributed by atoms with Crippen molar-refractivity contribution in [2.24, 2.45) is 0 Å². The van der Waals surface area contributed by atoms with Crippen LogP contribution in [-0.4, -0.2) is 54.2 Å². The maximum absolute atomic E-state index is 9.56. The molecular weight excluding hydrogens is 159 g/mol. The lowest BCUT2D eigenvalue weighted by Crippen LogP contribution is -2.47. The first-order chi connectivity index (χ1) is 5.51. The van der Waals surface area contributed by atoms with Crippen molar-refractivity contribution in [2.45, 2.75) is 30.5 Å². The Morgan fingerprint density at radius 3 is 2.58 bits per heavy atom. The summed E-state index contributed by atoms with van der Waals surface area (Å²) in [6.07, 6.45) is -1.36. The number of aliphatic hydroxyl groups excluding tert-OH is 2. The van der Waals surface area contributed by atoms with Crippen LogP contribution >= 0.6 is 0 Å². The van der Waals surface area contributed by atoms with Gasteiger partial charge in [-0.2, -0.15) is 0 Å². The number of aliphatic hydroxyl groups is 3. The molecule has 1 saturated heterocycles. The monoisotopic (exact) mass is 174 g/mol. The highest BCUT2D eigenvalue weighted by Gasteiger charge is 2.48. The molecule has 0 aromatic carbocycles. The maximum Gasteiger partial charge on any atom is 0.139 e. The van der Waals surface area contributed by atoms with Crippen LogP contribution in [0.2, 0.25) is 5.82 Å². The van der Waals surface area contributed by atoms with Crippen molar-refractivity contribution in [3.8, 4) is 0 Å². The molecule has 0 saturated carbocycles. The van der Waals surface area contributed by atoms with Gasteiger partial charge >= 0.3 is 0 Å². The lowest BCUT2D eigenvalue weighted by Gasteiger charge is -2.25. The van der Waals surface area contributed by atoms with Crippen molar-refractivity contribution in [2.75, 3.05) is 13.2 Å². The van der Waals surface area contributed by atoms with Crippen molar-refractivity contribution in [1.82, 2.24) is 0 Å². The molecule has 1 unspecified atom stereocenters. The Morgan fingerprint density at radius 1 is 1.75 bits per heavy atom. The van der Waals surface area contributed by atoms with Gasteiger partial charge in [-0.05, 0) is 5.82 Å². The second kappa shape index (κ2) is 3.34. The first-order valence-electron chi connectivity index (χ1n) is 4.14. The van der Waals surface area contributed by atoms with E-state index in [9.17, 15) is 10.2 Å². The Bertz CT molecular complexity index is 163. The Labute approximate surface area is 72.6 Å². The Hall–Kier alpha value is -0.0951. The Balaban J connectivity index is 2.66. The van der Waals surface area contributed by atoms with E-state index in [-0.39, 0.29) is 18.5 Å². The highest BCUT2D eigenvalue weighted by molar-refractivity contribution is 6.11. The highest BCUT2D eigenvalue weighted by Crippen LogP contribution is 2.29. The fraction of sp³-hybridized carbons (Fsp3) is 1.00. The van der Waals surface area contributed by atoms with Gasteiger partial charge in [0, 0.05) is 0 Å². The first-order valence-corrected chi connectivity index (χ1v) is 4.14. The number of ether oxygens (including phenoxy) is 1. The summed E-state index contributed by atoms with van der Waals surface area (Å²) in [6, 6.07) is 0. The van der Waals surface area contributed by atoms with Gasteiger partial charge in [0.15, 0.2) is 0 Å². The van der Waals surface area contributed by atoms with E-state index in [1.807, 2.05) is 14.8 Å². The maximum atomic E-state index is 9.56. The summed E-state index contributed by atoms with van der Waals surface area (Å²) in [5, 5.41) is 27.9. The molecular formula is C7H15BO4. The van der Waals surface area contributed by atoms with Crippen LogP contribution < -0.4 is 0 Å². The zero-order valence-corrected chi connectivity index (χ0v) is 7.40. The van der Waals surface area contributed by atoms with Gasteiger partial charge in [-0.25, -0.2) is 0 Å². The number of hydrogen-bond donors (Lipinski definition) is 3. The van der Waals surface area contributed by atoms with Crippen molar-refractivity contribution in [1.29, 1.82) is 0 Å². The van der Waals surface area contributed by atoms with Crippen LogP contribution in [0.4, 0.5) is 0 Å². The lowest BCUT2D eigenvalue weighted by atomic mass is 9.80.